The number of rotatable bonds is 6. The number of benzene rings is 1. The summed E-state index contributed by atoms with van der Waals surface area (Å²) in [5, 5.41) is 19.1. The highest BCUT2D eigenvalue weighted by Crippen LogP contribution is 2.13. The van der Waals surface area contributed by atoms with Crippen molar-refractivity contribution in [2.75, 3.05) is 24.3 Å². The monoisotopic (exact) mass is 400 g/mol. The number of nitrogens with zero attached hydrogens (tertiary/aromatic N) is 3. The molecular weight excluding hydrogens is 381 g/mol. The molecule has 0 aliphatic rings. The number of carbonyl (C=O) groups is 2. The first-order chi connectivity index (χ1) is 13.0. The lowest BCUT2D eigenvalue weighted by Crippen LogP contribution is -2.21. The van der Waals surface area contributed by atoms with Gasteiger partial charge in [-0.25, -0.2) is 14.8 Å². The van der Waals surface area contributed by atoms with Crippen molar-refractivity contribution < 1.29 is 33.0 Å². The first-order valence-electron chi connectivity index (χ1n) is 7.82. The van der Waals surface area contributed by atoms with Crippen LogP contribution in [-0.4, -0.2) is 52.4 Å². The molecule has 11 heteroatoms. The summed E-state index contributed by atoms with van der Waals surface area (Å²) in [5.74, 6) is -2.90. The second kappa shape index (κ2) is 10.1. The average molecular weight is 400 g/mol. The Morgan fingerprint density at radius 3 is 1.93 bits per heavy atom. The lowest BCUT2D eigenvalue weighted by Gasteiger charge is -2.10. The van der Waals surface area contributed by atoms with E-state index in [2.05, 4.69) is 15.3 Å². The van der Waals surface area contributed by atoms with E-state index in [1.54, 1.807) is 12.4 Å². The number of nitrogens with one attached hydrogen (secondary N) is 1. The third kappa shape index (κ3) is 8.34. The molecule has 0 aliphatic carbocycles. The van der Waals surface area contributed by atoms with Gasteiger partial charge in [0.15, 0.2) is 0 Å². The Morgan fingerprint density at radius 2 is 1.54 bits per heavy atom. The van der Waals surface area contributed by atoms with Crippen molar-refractivity contribution in [1.29, 1.82) is 0 Å². The summed E-state index contributed by atoms with van der Waals surface area (Å²) in [6.45, 7) is 0.617. The fourth-order valence-corrected chi connectivity index (χ4v) is 1.79. The Balaban J connectivity index is 0.000000480. The number of hydrogen-bond donors (Lipinski definition) is 3. The van der Waals surface area contributed by atoms with Gasteiger partial charge in [-0.2, -0.15) is 13.2 Å². The molecule has 28 heavy (non-hydrogen) atoms. The van der Waals surface area contributed by atoms with Gasteiger partial charge in [0.05, 0.1) is 6.42 Å². The molecule has 0 saturated heterocycles. The zero-order valence-corrected chi connectivity index (χ0v) is 15.1. The van der Waals surface area contributed by atoms with Gasteiger partial charge in [-0.05, 0) is 17.7 Å². The number of aromatic nitrogens is 2. The van der Waals surface area contributed by atoms with E-state index in [1.165, 1.54) is 0 Å². The Kier molecular flexibility index (Phi) is 8.17. The van der Waals surface area contributed by atoms with Gasteiger partial charge in [0, 0.05) is 44.3 Å². The second-order valence-electron chi connectivity index (χ2n) is 5.71. The molecule has 0 saturated carbocycles. The topological polar surface area (TPSA) is 116 Å². The zero-order chi connectivity index (χ0) is 21.3. The molecule has 1 aromatic heterocycles. The van der Waals surface area contributed by atoms with Crippen LogP contribution in [0, 0.1) is 0 Å². The highest BCUT2D eigenvalue weighted by Gasteiger charge is 2.38. The highest BCUT2D eigenvalue weighted by molar-refractivity contribution is 5.73. The predicted molar refractivity (Wildman–Crippen MR) is 95.2 cm³/mol. The highest BCUT2D eigenvalue weighted by atomic mass is 19.4. The van der Waals surface area contributed by atoms with Crippen LogP contribution in [-0.2, 0) is 22.6 Å². The van der Waals surface area contributed by atoms with Crippen LogP contribution >= 0.6 is 0 Å². The van der Waals surface area contributed by atoms with Crippen LogP contribution in [0.15, 0.2) is 36.7 Å². The molecule has 3 N–H and O–H groups in total. The second-order valence-corrected chi connectivity index (χ2v) is 5.71. The van der Waals surface area contributed by atoms with Gasteiger partial charge in [-0.3, -0.25) is 4.79 Å². The molecular formula is C17H19F3N4O4. The molecule has 152 valence electrons. The van der Waals surface area contributed by atoms with Crippen molar-refractivity contribution in [3.8, 4) is 0 Å². The number of carboxylic acids is 2. The normalized spacial score (nSPS) is 10.5. The van der Waals surface area contributed by atoms with Crippen LogP contribution in [0.4, 0.5) is 24.8 Å². The molecule has 0 spiro atoms. The molecule has 8 nitrogen and oxygen atoms in total. The number of alkyl halides is 3. The van der Waals surface area contributed by atoms with Gasteiger partial charge >= 0.3 is 18.1 Å². The van der Waals surface area contributed by atoms with Crippen molar-refractivity contribution in [1.82, 2.24) is 9.97 Å². The summed E-state index contributed by atoms with van der Waals surface area (Å²) in [4.78, 5) is 29.8. The fourth-order valence-electron chi connectivity index (χ4n) is 1.79. The number of anilines is 2. The number of carboxylic acid groups (broad SMARTS) is 2. The van der Waals surface area contributed by atoms with Gasteiger partial charge in [0.25, 0.3) is 0 Å². The summed E-state index contributed by atoms with van der Waals surface area (Å²) in [5.41, 5.74) is 2.70. The molecule has 0 amide bonds. The Labute approximate surface area is 158 Å². The largest absolute Gasteiger partial charge is 0.490 e. The van der Waals surface area contributed by atoms with Crippen LogP contribution < -0.4 is 10.2 Å². The lowest BCUT2D eigenvalue weighted by molar-refractivity contribution is -0.192. The van der Waals surface area contributed by atoms with Crippen LogP contribution in [0.25, 0.3) is 0 Å². The van der Waals surface area contributed by atoms with Crippen molar-refractivity contribution in [3.63, 3.8) is 0 Å². The third-order valence-corrected chi connectivity index (χ3v) is 3.14. The summed E-state index contributed by atoms with van der Waals surface area (Å²) in [7, 11) is 3.79. The summed E-state index contributed by atoms with van der Waals surface area (Å²) >= 11 is 0. The van der Waals surface area contributed by atoms with Gasteiger partial charge in [-0.15, -0.1) is 0 Å². The molecule has 0 unspecified atom stereocenters. The van der Waals surface area contributed by atoms with Gasteiger partial charge in [-0.1, -0.05) is 12.1 Å². The number of aliphatic carboxylic acids is 2. The fraction of sp³-hybridized carbons (Fsp3) is 0.294. The summed E-state index contributed by atoms with van der Waals surface area (Å²) < 4.78 is 31.7. The van der Waals surface area contributed by atoms with Crippen molar-refractivity contribution in [3.05, 3.63) is 47.8 Å². The number of halogens is 3. The van der Waals surface area contributed by atoms with Crippen LogP contribution in [0.1, 0.15) is 11.1 Å². The van der Waals surface area contributed by atoms with Crippen molar-refractivity contribution >= 4 is 23.6 Å². The van der Waals surface area contributed by atoms with Gasteiger partial charge in [0.1, 0.15) is 0 Å². The minimum atomic E-state index is -5.08. The summed E-state index contributed by atoms with van der Waals surface area (Å²) in [6.07, 6.45) is -1.47. The van der Waals surface area contributed by atoms with E-state index in [-0.39, 0.29) is 6.42 Å². The lowest BCUT2D eigenvalue weighted by atomic mass is 10.1. The minimum Gasteiger partial charge on any atom is -0.481 e. The van der Waals surface area contributed by atoms with E-state index < -0.39 is 18.1 Å². The Hall–Kier alpha value is -3.37. The van der Waals surface area contributed by atoms with E-state index in [9.17, 15) is 18.0 Å². The smallest absolute Gasteiger partial charge is 0.481 e. The molecule has 0 bridgehead atoms. The quantitative estimate of drug-likeness (QED) is 0.677. The van der Waals surface area contributed by atoms with E-state index in [4.69, 9.17) is 15.0 Å². The van der Waals surface area contributed by atoms with E-state index >= 15 is 0 Å². The Bertz CT molecular complexity index is 778. The van der Waals surface area contributed by atoms with E-state index in [0.717, 1.165) is 16.8 Å². The van der Waals surface area contributed by atoms with Crippen molar-refractivity contribution in [2.24, 2.45) is 0 Å². The standard InChI is InChI=1S/C15H18N4O2.C2HF3O2/c1-19(2)15-17-9-12(10-18-15)8-16-13-5-3-11(4-6-13)7-14(20)21;3-2(4,5)1(6)7/h3-6,9-10,16H,7-8H2,1-2H3,(H,20,21);(H,6,7). The minimum absolute atomic E-state index is 0.0418. The Morgan fingerprint density at radius 1 is 1.04 bits per heavy atom. The first-order valence-corrected chi connectivity index (χ1v) is 7.82. The molecule has 0 atom stereocenters. The van der Waals surface area contributed by atoms with Crippen molar-refractivity contribution in [2.45, 2.75) is 19.1 Å². The van der Waals surface area contributed by atoms with Crippen LogP contribution in [0.3, 0.4) is 0 Å². The van der Waals surface area contributed by atoms with Gasteiger partial charge in [0.2, 0.25) is 5.95 Å². The molecule has 1 aromatic carbocycles. The third-order valence-electron chi connectivity index (χ3n) is 3.14. The first kappa shape index (κ1) is 22.7. The zero-order valence-electron chi connectivity index (χ0n) is 15.1. The molecule has 0 radical (unpaired) electrons. The van der Waals surface area contributed by atoms with Gasteiger partial charge < -0.3 is 20.4 Å². The van der Waals surface area contributed by atoms with Crippen LogP contribution in [0.2, 0.25) is 0 Å². The molecule has 0 aliphatic heterocycles. The SMILES string of the molecule is CN(C)c1ncc(CNc2ccc(CC(=O)O)cc2)cn1.O=C(O)C(F)(F)F. The molecule has 2 rings (SSSR count). The van der Waals surface area contributed by atoms with E-state index in [1.807, 2.05) is 43.3 Å². The predicted octanol–water partition coefficient (Wildman–Crippen LogP) is 2.42. The van der Waals surface area contributed by atoms with Crippen LogP contribution in [0.5, 0.6) is 0 Å². The maximum absolute atomic E-state index is 10.6. The molecule has 2 aromatic rings. The maximum atomic E-state index is 10.6. The van der Waals surface area contributed by atoms with E-state index in [0.29, 0.717) is 12.5 Å². The summed E-state index contributed by atoms with van der Waals surface area (Å²) in [6, 6.07) is 7.35. The molecule has 0 fully saturated rings. The average Bonchev–Trinajstić information content (AvgIpc) is 2.60. The molecule has 1 heterocycles. The number of hydrogen-bond acceptors (Lipinski definition) is 6. The maximum Gasteiger partial charge on any atom is 0.490 e.